The molecule has 0 spiro atoms. The largest absolute Gasteiger partial charge is 0.506 e. The zero-order valence-corrected chi connectivity index (χ0v) is 9.52. The van der Waals surface area contributed by atoms with E-state index in [1.807, 2.05) is 0 Å². The summed E-state index contributed by atoms with van der Waals surface area (Å²) >= 11 is 4.58. The topological polar surface area (TPSA) is 92.4 Å². The van der Waals surface area contributed by atoms with Crippen LogP contribution < -0.4 is 11.1 Å². The van der Waals surface area contributed by atoms with Gasteiger partial charge in [0.05, 0.1) is 10.6 Å². The molecule has 0 saturated carbocycles. The van der Waals surface area contributed by atoms with Gasteiger partial charge in [0, 0.05) is 6.26 Å². The van der Waals surface area contributed by atoms with Crippen LogP contribution in [0, 0.1) is 0 Å². The van der Waals surface area contributed by atoms with Crippen molar-refractivity contribution in [1.29, 1.82) is 0 Å². The fourth-order valence-electron chi connectivity index (χ4n) is 0.979. The van der Waals surface area contributed by atoms with Crippen molar-refractivity contribution in [2.75, 3.05) is 11.6 Å². The fourth-order valence-corrected chi connectivity index (χ4v) is 1.74. The summed E-state index contributed by atoms with van der Waals surface area (Å²) < 4.78 is 22.4. The maximum Gasteiger partial charge on any atom is 0.175 e. The Morgan fingerprint density at radius 2 is 2.13 bits per heavy atom. The number of sulfone groups is 1. The molecule has 15 heavy (non-hydrogen) atoms. The second-order valence-corrected chi connectivity index (χ2v) is 5.40. The highest BCUT2D eigenvalue weighted by molar-refractivity contribution is 7.90. The molecule has 0 bridgehead atoms. The van der Waals surface area contributed by atoms with Gasteiger partial charge in [-0.2, -0.15) is 0 Å². The third-order valence-corrected chi connectivity index (χ3v) is 2.87. The SMILES string of the molecule is CS(=O)(=O)c1ccc(O)c(NC(N)=S)c1. The fraction of sp³-hybridized carbons (Fsp3) is 0.125. The molecule has 0 aliphatic heterocycles. The van der Waals surface area contributed by atoms with Gasteiger partial charge in [-0.05, 0) is 30.4 Å². The van der Waals surface area contributed by atoms with Crippen molar-refractivity contribution >= 4 is 32.9 Å². The molecular formula is C8H10N2O3S2. The molecule has 0 unspecified atom stereocenters. The van der Waals surface area contributed by atoms with E-state index in [1.54, 1.807) is 0 Å². The molecule has 0 amide bonds. The van der Waals surface area contributed by atoms with Crippen molar-refractivity contribution < 1.29 is 13.5 Å². The van der Waals surface area contributed by atoms with Crippen molar-refractivity contribution in [2.24, 2.45) is 5.73 Å². The summed E-state index contributed by atoms with van der Waals surface area (Å²) in [6.07, 6.45) is 1.07. The summed E-state index contributed by atoms with van der Waals surface area (Å²) in [6, 6.07) is 3.83. The first-order valence-electron chi connectivity index (χ1n) is 3.90. The van der Waals surface area contributed by atoms with E-state index in [1.165, 1.54) is 18.2 Å². The predicted octanol–water partition coefficient (Wildman–Crippen LogP) is 0.451. The van der Waals surface area contributed by atoms with Gasteiger partial charge in [0.1, 0.15) is 5.75 Å². The van der Waals surface area contributed by atoms with Crippen LogP contribution >= 0.6 is 12.2 Å². The third-order valence-electron chi connectivity index (χ3n) is 1.65. The molecule has 82 valence electrons. The van der Waals surface area contributed by atoms with Crippen molar-refractivity contribution in [2.45, 2.75) is 4.90 Å². The minimum atomic E-state index is -3.31. The quantitative estimate of drug-likeness (QED) is 0.518. The predicted molar refractivity (Wildman–Crippen MR) is 61.6 cm³/mol. The average molecular weight is 246 g/mol. The smallest absolute Gasteiger partial charge is 0.175 e. The Morgan fingerprint density at radius 3 is 2.60 bits per heavy atom. The lowest BCUT2D eigenvalue weighted by Gasteiger charge is -2.07. The van der Waals surface area contributed by atoms with E-state index in [-0.39, 0.29) is 21.4 Å². The highest BCUT2D eigenvalue weighted by Gasteiger charge is 2.10. The second-order valence-electron chi connectivity index (χ2n) is 2.94. The van der Waals surface area contributed by atoms with Crippen LogP contribution in [-0.2, 0) is 9.84 Å². The number of phenols is 1. The molecular weight excluding hydrogens is 236 g/mol. The lowest BCUT2D eigenvalue weighted by atomic mass is 10.3. The summed E-state index contributed by atoms with van der Waals surface area (Å²) in [4.78, 5) is 0.0825. The Kier molecular flexibility index (Phi) is 3.15. The van der Waals surface area contributed by atoms with Gasteiger partial charge >= 0.3 is 0 Å². The van der Waals surface area contributed by atoms with E-state index in [0.717, 1.165) is 6.26 Å². The van der Waals surface area contributed by atoms with Crippen LogP contribution in [-0.4, -0.2) is 24.9 Å². The van der Waals surface area contributed by atoms with Crippen LogP contribution in [0.3, 0.4) is 0 Å². The first-order chi connectivity index (χ1) is 6.80. The first kappa shape index (κ1) is 11.7. The standard InChI is InChI=1S/C8H10N2O3S2/c1-15(12,13)5-2-3-7(11)6(4-5)10-8(9)14/h2-4,11H,1H3,(H3,9,10,14). The maximum atomic E-state index is 11.2. The maximum absolute atomic E-state index is 11.2. The number of nitrogens with one attached hydrogen (secondary N) is 1. The van der Waals surface area contributed by atoms with Gasteiger partial charge in [-0.15, -0.1) is 0 Å². The molecule has 1 aromatic rings. The minimum absolute atomic E-state index is 0.0454. The number of benzene rings is 1. The Bertz CT molecular complexity index is 497. The molecule has 0 aliphatic rings. The molecule has 1 aromatic carbocycles. The van der Waals surface area contributed by atoms with E-state index in [0.29, 0.717) is 0 Å². The number of phenolic OH excluding ortho intramolecular Hbond substituents is 1. The highest BCUT2D eigenvalue weighted by Crippen LogP contribution is 2.26. The molecule has 0 fully saturated rings. The molecule has 0 aromatic heterocycles. The lowest BCUT2D eigenvalue weighted by Crippen LogP contribution is -2.19. The number of hydrogen-bond acceptors (Lipinski definition) is 4. The van der Waals surface area contributed by atoms with E-state index in [4.69, 9.17) is 5.73 Å². The number of aromatic hydroxyl groups is 1. The molecule has 1 rings (SSSR count). The third kappa shape index (κ3) is 3.07. The summed E-state index contributed by atoms with van der Waals surface area (Å²) in [5, 5.41) is 11.8. The molecule has 0 radical (unpaired) electrons. The van der Waals surface area contributed by atoms with E-state index in [2.05, 4.69) is 17.5 Å². The molecule has 7 heteroatoms. The Balaban J connectivity index is 3.23. The summed E-state index contributed by atoms with van der Waals surface area (Å²) in [7, 11) is -3.31. The van der Waals surface area contributed by atoms with Crippen molar-refractivity contribution in [3.8, 4) is 5.75 Å². The highest BCUT2D eigenvalue weighted by atomic mass is 32.2. The molecule has 0 heterocycles. The first-order valence-corrected chi connectivity index (χ1v) is 6.20. The van der Waals surface area contributed by atoms with Crippen molar-refractivity contribution in [3.05, 3.63) is 18.2 Å². The molecule has 0 atom stereocenters. The van der Waals surface area contributed by atoms with Gasteiger partial charge in [0.2, 0.25) is 0 Å². The number of hydrogen-bond donors (Lipinski definition) is 3. The number of thiocarbonyl (C=S) groups is 1. The van der Waals surface area contributed by atoms with Crippen LogP contribution in [0.15, 0.2) is 23.1 Å². The van der Waals surface area contributed by atoms with Crippen LogP contribution in [0.2, 0.25) is 0 Å². The Labute approximate surface area is 92.8 Å². The van der Waals surface area contributed by atoms with Gasteiger partial charge < -0.3 is 16.2 Å². The van der Waals surface area contributed by atoms with E-state index in [9.17, 15) is 13.5 Å². The van der Waals surface area contributed by atoms with Crippen LogP contribution in [0.1, 0.15) is 0 Å². The number of nitrogens with two attached hydrogens (primary N) is 1. The van der Waals surface area contributed by atoms with Gasteiger partial charge in [-0.3, -0.25) is 0 Å². The minimum Gasteiger partial charge on any atom is -0.506 e. The van der Waals surface area contributed by atoms with E-state index >= 15 is 0 Å². The van der Waals surface area contributed by atoms with Crippen LogP contribution in [0.4, 0.5) is 5.69 Å². The molecule has 4 N–H and O–H groups in total. The molecule has 5 nitrogen and oxygen atoms in total. The monoisotopic (exact) mass is 246 g/mol. The molecule has 0 aliphatic carbocycles. The summed E-state index contributed by atoms with van der Waals surface area (Å²) in [6.45, 7) is 0. The lowest BCUT2D eigenvalue weighted by molar-refractivity contribution is 0.477. The second kappa shape index (κ2) is 4.03. The van der Waals surface area contributed by atoms with Gasteiger partial charge in [-0.1, -0.05) is 0 Å². The number of anilines is 1. The van der Waals surface area contributed by atoms with E-state index < -0.39 is 9.84 Å². The number of rotatable bonds is 2. The Hall–Kier alpha value is -1.34. The van der Waals surface area contributed by atoms with Crippen LogP contribution in [0.5, 0.6) is 5.75 Å². The normalized spacial score (nSPS) is 11.0. The summed E-state index contributed by atoms with van der Waals surface area (Å²) in [5.41, 5.74) is 5.38. The Morgan fingerprint density at radius 1 is 1.53 bits per heavy atom. The average Bonchev–Trinajstić information content (AvgIpc) is 2.06. The van der Waals surface area contributed by atoms with Crippen molar-refractivity contribution in [1.82, 2.24) is 0 Å². The van der Waals surface area contributed by atoms with Crippen molar-refractivity contribution in [3.63, 3.8) is 0 Å². The molecule has 0 saturated heterocycles. The van der Waals surface area contributed by atoms with Gasteiger partial charge in [0.25, 0.3) is 0 Å². The zero-order chi connectivity index (χ0) is 11.6. The van der Waals surface area contributed by atoms with Gasteiger partial charge in [-0.25, -0.2) is 8.42 Å². The zero-order valence-electron chi connectivity index (χ0n) is 7.89. The summed E-state index contributed by atoms with van der Waals surface area (Å²) in [5.74, 6) is -0.116. The van der Waals surface area contributed by atoms with Gasteiger partial charge in [0.15, 0.2) is 14.9 Å². The van der Waals surface area contributed by atoms with Crippen LogP contribution in [0.25, 0.3) is 0 Å².